The van der Waals surface area contributed by atoms with Crippen LogP contribution in [0.5, 0.6) is 11.5 Å². The Bertz CT molecular complexity index is 940. The zero-order chi connectivity index (χ0) is 20.6. The summed E-state index contributed by atoms with van der Waals surface area (Å²) in [6.07, 6.45) is -0.724. The first-order chi connectivity index (χ1) is 14.1. The first-order valence-electron chi connectivity index (χ1n) is 8.74. The van der Waals surface area contributed by atoms with Gasteiger partial charge in [0.25, 0.3) is 0 Å². The molecule has 2 aromatic carbocycles. The second kappa shape index (κ2) is 10.2. The fourth-order valence-electron chi connectivity index (χ4n) is 2.54. The van der Waals surface area contributed by atoms with E-state index < -0.39 is 6.10 Å². The molecule has 1 atom stereocenters. The highest BCUT2D eigenvalue weighted by atomic mass is 32.2. The third-order valence-electron chi connectivity index (χ3n) is 3.93. The minimum Gasteiger partial charge on any atom is -0.493 e. The number of halogens is 1. The Morgan fingerprint density at radius 3 is 2.72 bits per heavy atom. The highest BCUT2D eigenvalue weighted by Gasteiger charge is 2.13. The highest BCUT2D eigenvalue weighted by molar-refractivity contribution is 7.99. The van der Waals surface area contributed by atoms with Gasteiger partial charge in [-0.1, -0.05) is 23.9 Å². The van der Waals surface area contributed by atoms with Crippen LogP contribution in [0.3, 0.4) is 0 Å². The van der Waals surface area contributed by atoms with Crippen LogP contribution in [0.25, 0.3) is 5.69 Å². The van der Waals surface area contributed by atoms with Crippen LogP contribution in [-0.4, -0.2) is 58.0 Å². The van der Waals surface area contributed by atoms with Crippen molar-refractivity contribution in [2.75, 3.05) is 26.6 Å². The van der Waals surface area contributed by atoms with Crippen molar-refractivity contribution >= 4 is 11.8 Å². The van der Waals surface area contributed by atoms with Crippen molar-refractivity contribution in [2.45, 2.75) is 17.9 Å². The molecular weight excluding hydrogens is 399 g/mol. The summed E-state index contributed by atoms with van der Waals surface area (Å²) in [6.45, 7) is 0.464. The van der Waals surface area contributed by atoms with Gasteiger partial charge >= 0.3 is 0 Å². The molecule has 154 valence electrons. The maximum absolute atomic E-state index is 13.4. The van der Waals surface area contributed by atoms with Gasteiger partial charge in [0.15, 0.2) is 11.5 Å². The summed E-state index contributed by atoms with van der Waals surface area (Å²) in [5.41, 5.74) is 1.41. The molecule has 0 radical (unpaired) electrons. The van der Waals surface area contributed by atoms with Crippen LogP contribution in [-0.2, 0) is 11.3 Å². The van der Waals surface area contributed by atoms with Crippen molar-refractivity contribution in [3.63, 3.8) is 0 Å². The van der Waals surface area contributed by atoms with Gasteiger partial charge in [0.1, 0.15) is 5.82 Å². The fraction of sp³-hybridized carbons (Fsp3) is 0.316. The lowest BCUT2D eigenvalue weighted by Crippen LogP contribution is -2.18. The quantitative estimate of drug-likeness (QED) is 0.500. The minimum absolute atomic E-state index is 0.142. The second-order valence-corrected chi connectivity index (χ2v) is 7.01. The SMILES string of the molecule is COc1ccc(COCC(O)CSc2nnnn2-c2cccc(F)c2)cc1OC. The average molecular weight is 420 g/mol. The number of benzene rings is 2. The zero-order valence-corrected chi connectivity index (χ0v) is 16.8. The highest BCUT2D eigenvalue weighted by Crippen LogP contribution is 2.27. The van der Waals surface area contributed by atoms with E-state index in [0.717, 1.165) is 5.56 Å². The number of hydrogen-bond acceptors (Lipinski definition) is 8. The molecule has 0 saturated carbocycles. The molecule has 1 N–H and O–H groups in total. The van der Waals surface area contributed by atoms with Crippen molar-refractivity contribution in [1.29, 1.82) is 0 Å². The maximum atomic E-state index is 13.4. The van der Waals surface area contributed by atoms with Crippen LogP contribution in [0.4, 0.5) is 4.39 Å². The molecular formula is C19H21FN4O4S. The van der Waals surface area contributed by atoms with Crippen LogP contribution in [0.15, 0.2) is 47.6 Å². The van der Waals surface area contributed by atoms with Gasteiger partial charge in [-0.05, 0) is 46.3 Å². The Hall–Kier alpha value is -2.69. The molecule has 0 bridgehead atoms. The van der Waals surface area contributed by atoms with Crippen LogP contribution >= 0.6 is 11.8 Å². The molecule has 8 nitrogen and oxygen atoms in total. The van der Waals surface area contributed by atoms with E-state index in [1.165, 1.54) is 28.6 Å². The third-order valence-corrected chi connectivity index (χ3v) is 4.99. The number of thioether (sulfide) groups is 1. The summed E-state index contributed by atoms with van der Waals surface area (Å²) in [6, 6.07) is 11.5. The molecule has 0 fully saturated rings. The van der Waals surface area contributed by atoms with Crippen LogP contribution in [0.2, 0.25) is 0 Å². The summed E-state index contributed by atoms with van der Waals surface area (Å²) in [7, 11) is 3.15. The molecule has 3 aromatic rings. The summed E-state index contributed by atoms with van der Waals surface area (Å²) in [4.78, 5) is 0. The van der Waals surface area contributed by atoms with Crippen molar-refractivity contribution in [3.8, 4) is 17.2 Å². The lowest BCUT2D eigenvalue weighted by molar-refractivity contribution is 0.0397. The van der Waals surface area contributed by atoms with E-state index in [9.17, 15) is 9.50 Å². The van der Waals surface area contributed by atoms with E-state index in [2.05, 4.69) is 15.5 Å². The van der Waals surface area contributed by atoms with Gasteiger partial charge in [0, 0.05) is 5.75 Å². The Labute approximate surface area is 171 Å². The normalized spacial score (nSPS) is 12.0. The van der Waals surface area contributed by atoms with Gasteiger partial charge in [-0.25, -0.2) is 4.39 Å². The molecule has 10 heteroatoms. The van der Waals surface area contributed by atoms with E-state index in [4.69, 9.17) is 14.2 Å². The van der Waals surface area contributed by atoms with E-state index in [0.29, 0.717) is 34.7 Å². The van der Waals surface area contributed by atoms with Crippen molar-refractivity contribution in [1.82, 2.24) is 20.2 Å². The number of tetrazole rings is 1. The Kier molecular flexibility index (Phi) is 7.39. The summed E-state index contributed by atoms with van der Waals surface area (Å²) < 4.78 is 30.9. The predicted molar refractivity (Wildman–Crippen MR) is 105 cm³/mol. The number of aliphatic hydroxyl groups excluding tert-OH is 1. The van der Waals surface area contributed by atoms with Gasteiger partial charge < -0.3 is 19.3 Å². The van der Waals surface area contributed by atoms with Gasteiger partial charge in [-0.3, -0.25) is 0 Å². The lowest BCUT2D eigenvalue weighted by atomic mass is 10.2. The predicted octanol–water partition coefficient (Wildman–Crippen LogP) is 2.49. The minimum atomic E-state index is -0.724. The van der Waals surface area contributed by atoms with Gasteiger partial charge in [-0.15, -0.1) is 5.10 Å². The first kappa shape index (κ1) is 21.0. The molecule has 0 aliphatic heterocycles. The molecule has 0 amide bonds. The van der Waals surface area contributed by atoms with Gasteiger partial charge in [-0.2, -0.15) is 4.68 Å². The third kappa shape index (κ3) is 5.66. The molecule has 0 aliphatic rings. The van der Waals surface area contributed by atoms with E-state index in [1.54, 1.807) is 32.4 Å². The Balaban J connectivity index is 1.49. The average Bonchev–Trinajstić information content (AvgIpc) is 3.21. The first-order valence-corrected chi connectivity index (χ1v) is 9.73. The second-order valence-electron chi connectivity index (χ2n) is 6.02. The number of ether oxygens (including phenoxy) is 3. The fourth-order valence-corrected chi connectivity index (χ4v) is 3.34. The topological polar surface area (TPSA) is 91.5 Å². The largest absolute Gasteiger partial charge is 0.493 e. The Morgan fingerprint density at radius 2 is 1.97 bits per heavy atom. The molecule has 0 spiro atoms. The smallest absolute Gasteiger partial charge is 0.214 e. The van der Waals surface area contributed by atoms with Crippen molar-refractivity contribution in [3.05, 3.63) is 53.8 Å². The van der Waals surface area contributed by atoms with Crippen LogP contribution in [0, 0.1) is 5.82 Å². The number of nitrogens with zero attached hydrogens (tertiary/aromatic N) is 4. The summed E-state index contributed by atoms with van der Waals surface area (Å²) >= 11 is 1.26. The van der Waals surface area contributed by atoms with E-state index in [1.807, 2.05) is 12.1 Å². The van der Waals surface area contributed by atoms with Crippen LogP contribution in [0.1, 0.15) is 5.56 Å². The monoisotopic (exact) mass is 420 g/mol. The molecule has 1 heterocycles. The van der Waals surface area contributed by atoms with E-state index >= 15 is 0 Å². The maximum Gasteiger partial charge on any atom is 0.214 e. The standard InChI is InChI=1S/C19H21FN4O4S/c1-26-17-7-6-13(8-18(17)27-2)10-28-11-16(25)12-29-19-21-22-23-24(19)15-5-3-4-14(20)9-15/h3-9,16,25H,10-12H2,1-2H3. The molecule has 0 saturated heterocycles. The molecule has 29 heavy (non-hydrogen) atoms. The summed E-state index contributed by atoms with van der Waals surface area (Å²) in [5.74, 6) is 1.21. The van der Waals surface area contributed by atoms with Gasteiger partial charge in [0.2, 0.25) is 5.16 Å². The van der Waals surface area contributed by atoms with Crippen LogP contribution < -0.4 is 9.47 Å². The number of rotatable bonds is 10. The molecule has 1 unspecified atom stereocenters. The summed E-state index contributed by atoms with van der Waals surface area (Å²) in [5, 5.41) is 22.1. The number of aromatic nitrogens is 4. The molecule has 0 aliphatic carbocycles. The number of methoxy groups -OCH3 is 2. The zero-order valence-electron chi connectivity index (χ0n) is 16.0. The van der Waals surface area contributed by atoms with Crippen molar-refractivity contribution < 1.29 is 23.7 Å². The van der Waals surface area contributed by atoms with Gasteiger partial charge in [0.05, 0.1) is 39.2 Å². The Morgan fingerprint density at radius 1 is 1.14 bits per heavy atom. The van der Waals surface area contributed by atoms with E-state index in [-0.39, 0.29) is 12.4 Å². The lowest BCUT2D eigenvalue weighted by Gasteiger charge is -2.12. The molecule has 1 aromatic heterocycles. The van der Waals surface area contributed by atoms with Crippen molar-refractivity contribution in [2.24, 2.45) is 0 Å². The number of aliphatic hydroxyl groups is 1. The molecule has 3 rings (SSSR count). The number of hydrogen-bond donors (Lipinski definition) is 1.